The van der Waals surface area contributed by atoms with Crippen LogP contribution in [0.2, 0.25) is 0 Å². The zero-order valence-electron chi connectivity index (χ0n) is 16.5. The second-order valence-electron chi connectivity index (χ2n) is 7.60. The number of aryl methyl sites for hydroxylation is 2. The molecule has 1 heterocycles. The molecule has 0 radical (unpaired) electrons. The molecule has 2 aromatic rings. The normalized spacial score (nSPS) is 19.6. The van der Waals surface area contributed by atoms with E-state index in [1.165, 1.54) is 7.11 Å². The predicted octanol–water partition coefficient (Wildman–Crippen LogP) is 3.21. The van der Waals surface area contributed by atoms with Crippen molar-refractivity contribution < 1.29 is 14.3 Å². The highest BCUT2D eigenvalue weighted by molar-refractivity contribution is 5.88. The molecule has 1 saturated carbocycles. The van der Waals surface area contributed by atoms with Crippen molar-refractivity contribution in [2.75, 3.05) is 7.11 Å². The number of nitrogens with one attached hydrogen (secondary N) is 1. The molecule has 6 heteroatoms. The Hall–Kier alpha value is -2.63. The van der Waals surface area contributed by atoms with Crippen LogP contribution < -0.4 is 5.32 Å². The Bertz CT molecular complexity index is 856. The molecule has 3 unspecified atom stereocenters. The minimum atomic E-state index is -0.790. The van der Waals surface area contributed by atoms with E-state index in [1.54, 1.807) is 0 Å². The number of amides is 1. The maximum atomic E-state index is 12.7. The maximum Gasteiger partial charge on any atom is 0.333 e. The number of rotatable bonds is 6. The van der Waals surface area contributed by atoms with Gasteiger partial charge in [-0.15, -0.1) is 0 Å². The van der Waals surface area contributed by atoms with Gasteiger partial charge in [0, 0.05) is 18.2 Å². The average molecular weight is 369 g/mol. The fourth-order valence-corrected chi connectivity index (χ4v) is 3.27. The van der Waals surface area contributed by atoms with E-state index in [0.29, 0.717) is 6.04 Å². The molecule has 1 amide bonds. The van der Waals surface area contributed by atoms with Crippen molar-refractivity contribution in [3.05, 3.63) is 52.8 Å². The first-order valence-corrected chi connectivity index (χ1v) is 9.31. The number of ether oxygens (including phenoxy) is 1. The van der Waals surface area contributed by atoms with Crippen molar-refractivity contribution in [3.63, 3.8) is 0 Å². The molecule has 0 bridgehead atoms. The van der Waals surface area contributed by atoms with Crippen LogP contribution in [0.1, 0.15) is 60.5 Å². The number of esters is 1. The van der Waals surface area contributed by atoms with Crippen LogP contribution in [0.25, 0.3) is 0 Å². The monoisotopic (exact) mass is 369 g/mol. The largest absolute Gasteiger partial charge is 0.467 e. The Morgan fingerprint density at radius 2 is 2.00 bits per heavy atom. The van der Waals surface area contributed by atoms with E-state index in [0.717, 1.165) is 28.7 Å². The Morgan fingerprint density at radius 3 is 2.59 bits per heavy atom. The number of nitrogens with zero attached hydrogens (tertiary/aromatic N) is 2. The minimum absolute atomic E-state index is 0.120. The first-order valence-electron chi connectivity index (χ1n) is 9.31. The summed E-state index contributed by atoms with van der Waals surface area (Å²) in [4.78, 5) is 25.0. The molecule has 1 aliphatic carbocycles. The molecule has 3 atom stereocenters. The van der Waals surface area contributed by atoms with Gasteiger partial charge in [0.1, 0.15) is 0 Å². The number of carbonyl (C=O) groups excluding carboxylic acids is 2. The third-order valence-corrected chi connectivity index (χ3v) is 5.29. The quantitative estimate of drug-likeness (QED) is 0.794. The molecule has 1 N–H and O–H groups in total. The third-order valence-electron chi connectivity index (χ3n) is 5.29. The lowest BCUT2D eigenvalue weighted by atomic mass is 10.0. The molecular weight excluding hydrogens is 342 g/mol. The van der Waals surface area contributed by atoms with Gasteiger partial charge in [-0.3, -0.25) is 9.48 Å². The van der Waals surface area contributed by atoms with Crippen molar-refractivity contribution in [2.24, 2.45) is 5.92 Å². The summed E-state index contributed by atoms with van der Waals surface area (Å²) < 4.78 is 6.81. The van der Waals surface area contributed by atoms with Gasteiger partial charge in [-0.1, -0.05) is 18.2 Å². The molecule has 0 aliphatic heterocycles. The number of hydrogen-bond donors (Lipinski definition) is 1. The first-order chi connectivity index (χ1) is 12.8. The molecule has 1 aromatic carbocycles. The molecule has 1 aromatic heterocycles. The molecule has 27 heavy (non-hydrogen) atoms. The van der Waals surface area contributed by atoms with Gasteiger partial charge in [0.15, 0.2) is 6.04 Å². The van der Waals surface area contributed by atoms with Crippen LogP contribution in [0.5, 0.6) is 0 Å². The summed E-state index contributed by atoms with van der Waals surface area (Å²) in [6, 6.07) is 5.24. The van der Waals surface area contributed by atoms with Crippen molar-refractivity contribution in [3.8, 4) is 0 Å². The number of hydrogen-bond acceptors (Lipinski definition) is 4. The second-order valence-corrected chi connectivity index (χ2v) is 7.60. The zero-order valence-corrected chi connectivity index (χ0v) is 16.5. The lowest BCUT2D eigenvalue weighted by Gasteiger charge is -2.18. The molecule has 0 saturated heterocycles. The second kappa shape index (κ2) is 7.55. The third kappa shape index (κ3) is 4.04. The Kier molecular flexibility index (Phi) is 5.35. The maximum absolute atomic E-state index is 12.7. The molecule has 144 valence electrons. The number of aromatic nitrogens is 2. The molecular formula is C21H27N3O3. The summed E-state index contributed by atoms with van der Waals surface area (Å²) in [6.07, 6.45) is 4.61. The van der Waals surface area contributed by atoms with Crippen LogP contribution in [0.15, 0.2) is 30.6 Å². The Morgan fingerprint density at radius 1 is 1.26 bits per heavy atom. The van der Waals surface area contributed by atoms with Crippen molar-refractivity contribution in [1.82, 2.24) is 15.1 Å². The van der Waals surface area contributed by atoms with Gasteiger partial charge in [0.05, 0.1) is 13.3 Å². The summed E-state index contributed by atoms with van der Waals surface area (Å²) in [5.74, 6) is -0.550. The number of carbonyl (C=O) groups is 2. The van der Waals surface area contributed by atoms with E-state index < -0.39 is 12.0 Å². The summed E-state index contributed by atoms with van der Waals surface area (Å²) in [6.45, 7) is 8.13. The fraction of sp³-hybridized carbons (Fsp3) is 0.476. The summed E-state index contributed by atoms with van der Waals surface area (Å²) in [5.41, 5.74) is 4.02. The number of methoxy groups -OCH3 is 1. The van der Waals surface area contributed by atoms with Crippen molar-refractivity contribution in [1.29, 1.82) is 0 Å². The minimum Gasteiger partial charge on any atom is -0.467 e. The van der Waals surface area contributed by atoms with Crippen LogP contribution in [0.3, 0.4) is 0 Å². The van der Waals surface area contributed by atoms with E-state index in [1.807, 2.05) is 49.1 Å². The van der Waals surface area contributed by atoms with Crippen LogP contribution in [-0.4, -0.2) is 28.8 Å². The molecule has 6 nitrogen and oxygen atoms in total. The molecule has 3 rings (SSSR count). The highest BCUT2D eigenvalue weighted by Crippen LogP contribution is 2.47. The molecule has 1 fully saturated rings. The number of benzene rings is 1. The summed E-state index contributed by atoms with van der Waals surface area (Å²) >= 11 is 0. The zero-order chi connectivity index (χ0) is 19.7. The Balaban J connectivity index is 1.71. The first kappa shape index (κ1) is 19.1. The fourth-order valence-electron chi connectivity index (χ4n) is 3.27. The van der Waals surface area contributed by atoms with Crippen LogP contribution >= 0.6 is 0 Å². The lowest BCUT2D eigenvalue weighted by Crippen LogP contribution is -2.35. The summed E-state index contributed by atoms with van der Waals surface area (Å²) in [7, 11) is 1.34. The van der Waals surface area contributed by atoms with E-state index in [4.69, 9.17) is 4.74 Å². The van der Waals surface area contributed by atoms with Crippen LogP contribution in [0, 0.1) is 19.8 Å². The van der Waals surface area contributed by atoms with Gasteiger partial charge in [-0.2, -0.15) is 5.10 Å². The summed E-state index contributed by atoms with van der Waals surface area (Å²) in [5, 5.41) is 7.23. The van der Waals surface area contributed by atoms with Gasteiger partial charge in [0.2, 0.25) is 5.91 Å². The van der Waals surface area contributed by atoms with Gasteiger partial charge in [-0.25, -0.2) is 4.79 Å². The Labute approximate surface area is 159 Å². The standard InChI is InChI=1S/C21H27N3O3/c1-12(2)24-11-16(10-22-24)17-9-18(17)20(25)23-19(21(26)27-5)15-7-6-13(3)14(4)8-15/h6-8,10-12,17-19H,9H2,1-5H3,(H,23,25). The van der Waals surface area contributed by atoms with Crippen molar-refractivity contribution in [2.45, 2.75) is 52.1 Å². The predicted molar refractivity (Wildman–Crippen MR) is 102 cm³/mol. The van der Waals surface area contributed by atoms with Crippen LogP contribution in [0.4, 0.5) is 0 Å². The topological polar surface area (TPSA) is 73.2 Å². The highest BCUT2D eigenvalue weighted by atomic mass is 16.5. The van der Waals surface area contributed by atoms with Crippen molar-refractivity contribution >= 4 is 11.9 Å². The van der Waals surface area contributed by atoms with E-state index >= 15 is 0 Å². The van der Waals surface area contributed by atoms with Gasteiger partial charge in [-0.05, 0) is 62.3 Å². The van der Waals surface area contributed by atoms with E-state index in [2.05, 4.69) is 24.3 Å². The average Bonchev–Trinajstić information content (AvgIpc) is 3.29. The smallest absolute Gasteiger partial charge is 0.333 e. The molecule has 0 spiro atoms. The lowest BCUT2D eigenvalue weighted by molar-refractivity contribution is -0.145. The van der Waals surface area contributed by atoms with Gasteiger partial charge >= 0.3 is 5.97 Å². The van der Waals surface area contributed by atoms with Gasteiger partial charge in [0.25, 0.3) is 0 Å². The van der Waals surface area contributed by atoms with E-state index in [-0.39, 0.29) is 17.7 Å². The SMILES string of the molecule is COC(=O)C(NC(=O)C1CC1c1cnn(C(C)C)c1)c1ccc(C)c(C)c1. The van der Waals surface area contributed by atoms with Gasteiger partial charge < -0.3 is 10.1 Å². The highest BCUT2D eigenvalue weighted by Gasteiger charge is 2.45. The van der Waals surface area contributed by atoms with Crippen LogP contribution in [-0.2, 0) is 14.3 Å². The molecule has 1 aliphatic rings. The van der Waals surface area contributed by atoms with E-state index in [9.17, 15) is 9.59 Å².